The summed E-state index contributed by atoms with van der Waals surface area (Å²) in [6.07, 6.45) is -4.57. The zero-order valence-corrected chi connectivity index (χ0v) is 9.63. The second kappa shape index (κ2) is 4.64. The molecule has 0 heterocycles. The Hall–Kier alpha value is -0.725. The molecule has 0 saturated heterocycles. The monoisotopic (exact) mass is 298 g/mol. The van der Waals surface area contributed by atoms with E-state index in [1.54, 1.807) is 0 Å². The topological polar surface area (TPSA) is 49.7 Å². The molecule has 8 heteroatoms. The summed E-state index contributed by atoms with van der Waals surface area (Å²) in [5.41, 5.74) is -1.32. The lowest BCUT2D eigenvalue weighted by Gasteiger charge is -2.14. The van der Waals surface area contributed by atoms with Gasteiger partial charge in [-0.15, -0.1) is 0 Å². The minimum atomic E-state index is -4.57. The lowest BCUT2D eigenvalue weighted by molar-refractivity contribution is -0.138. The van der Waals surface area contributed by atoms with Crippen molar-refractivity contribution in [2.75, 3.05) is 7.11 Å². The third-order valence-electron chi connectivity index (χ3n) is 1.90. The number of ether oxygens (including phenoxy) is 1. The number of alkyl halides is 3. The van der Waals surface area contributed by atoms with Crippen molar-refractivity contribution < 1.29 is 28.0 Å². The molecule has 0 aliphatic rings. The van der Waals surface area contributed by atoms with Crippen LogP contribution in [0.5, 0.6) is 5.75 Å². The van der Waals surface area contributed by atoms with Crippen molar-refractivity contribution in [3.05, 3.63) is 22.2 Å². The highest BCUT2D eigenvalue weighted by atomic mass is 79.9. The summed E-state index contributed by atoms with van der Waals surface area (Å²) in [4.78, 5) is 0. The predicted octanol–water partition coefficient (Wildman–Crippen LogP) is 1.16. The van der Waals surface area contributed by atoms with Crippen molar-refractivity contribution in [1.82, 2.24) is 0 Å². The highest BCUT2D eigenvalue weighted by Crippen LogP contribution is 2.35. The summed E-state index contributed by atoms with van der Waals surface area (Å²) in [7, 11) is -0.801. The first-order valence-corrected chi connectivity index (χ1v) is 4.87. The highest BCUT2D eigenvalue weighted by molar-refractivity contribution is 9.10. The Kier molecular flexibility index (Phi) is 3.87. The summed E-state index contributed by atoms with van der Waals surface area (Å²) >= 11 is 2.74. The molecule has 0 amide bonds. The van der Waals surface area contributed by atoms with Crippen LogP contribution in [-0.4, -0.2) is 24.3 Å². The molecule has 1 rings (SSSR count). The molecule has 0 unspecified atom stereocenters. The lowest BCUT2D eigenvalue weighted by Crippen LogP contribution is -2.32. The van der Waals surface area contributed by atoms with Gasteiger partial charge in [0.05, 0.1) is 12.7 Å². The van der Waals surface area contributed by atoms with Gasteiger partial charge in [-0.05, 0) is 12.1 Å². The van der Waals surface area contributed by atoms with Crippen LogP contribution in [0.3, 0.4) is 0 Å². The Balaban J connectivity index is 3.39. The van der Waals surface area contributed by atoms with Crippen LogP contribution in [0.15, 0.2) is 16.6 Å². The van der Waals surface area contributed by atoms with Crippen molar-refractivity contribution in [2.24, 2.45) is 0 Å². The number of benzene rings is 1. The molecule has 1 aromatic rings. The van der Waals surface area contributed by atoms with Crippen LogP contribution in [0.25, 0.3) is 0 Å². The molecule has 0 aliphatic heterocycles. The second-order valence-corrected chi connectivity index (χ2v) is 3.80. The Morgan fingerprint density at radius 2 is 1.88 bits per heavy atom. The average Bonchev–Trinajstić information content (AvgIpc) is 2.14. The van der Waals surface area contributed by atoms with Crippen molar-refractivity contribution >= 4 is 28.5 Å². The molecule has 16 heavy (non-hydrogen) atoms. The Morgan fingerprint density at radius 1 is 1.31 bits per heavy atom. The van der Waals surface area contributed by atoms with E-state index in [2.05, 4.69) is 15.9 Å². The normalized spacial score (nSPS) is 11.4. The number of hydrogen-bond donors (Lipinski definition) is 2. The van der Waals surface area contributed by atoms with E-state index < -0.39 is 18.9 Å². The van der Waals surface area contributed by atoms with Crippen LogP contribution < -0.4 is 10.2 Å². The SMILES string of the molecule is COc1cc(Br)c(C(F)(F)F)cc1B(O)O. The van der Waals surface area contributed by atoms with Crippen LogP contribution in [0.4, 0.5) is 13.2 Å². The maximum absolute atomic E-state index is 12.5. The average molecular weight is 299 g/mol. The van der Waals surface area contributed by atoms with Crippen molar-refractivity contribution in [2.45, 2.75) is 6.18 Å². The Bertz CT molecular complexity index is 395. The van der Waals surface area contributed by atoms with Gasteiger partial charge in [-0.2, -0.15) is 13.2 Å². The van der Waals surface area contributed by atoms with Gasteiger partial charge in [0.25, 0.3) is 0 Å². The van der Waals surface area contributed by atoms with Gasteiger partial charge in [0, 0.05) is 9.94 Å². The molecule has 0 aliphatic carbocycles. The van der Waals surface area contributed by atoms with Gasteiger partial charge in [-0.3, -0.25) is 0 Å². The third-order valence-corrected chi connectivity index (χ3v) is 2.56. The van der Waals surface area contributed by atoms with Gasteiger partial charge in [0.15, 0.2) is 0 Å². The molecule has 3 nitrogen and oxygen atoms in total. The maximum Gasteiger partial charge on any atom is 0.492 e. The molecular formula is C8H7BBrF3O3. The smallest absolute Gasteiger partial charge is 0.492 e. The van der Waals surface area contributed by atoms with Crippen molar-refractivity contribution in [1.29, 1.82) is 0 Å². The number of methoxy groups -OCH3 is 1. The summed E-state index contributed by atoms with van der Waals surface area (Å²) in [6.45, 7) is 0. The molecule has 0 aromatic heterocycles. The first-order chi connectivity index (χ1) is 7.27. The summed E-state index contributed by atoms with van der Waals surface area (Å²) in [6, 6.07) is 1.67. The van der Waals surface area contributed by atoms with Crippen LogP contribution in [0.2, 0.25) is 0 Å². The summed E-state index contributed by atoms with van der Waals surface area (Å²) < 4.78 is 42.0. The van der Waals surface area contributed by atoms with Gasteiger partial charge in [-0.25, -0.2) is 0 Å². The van der Waals surface area contributed by atoms with Gasteiger partial charge in [0.2, 0.25) is 0 Å². The number of hydrogen-bond acceptors (Lipinski definition) is 3. The molecule has 0 spiro atoms. The fourth-order valence-electron chi connectivity index (χ4n) is 1.17. The second-order valence-electron chi connectivity index (χ2n) is 2.95. The molecular weight excluding hydrogens is 292 g/mol. The van der Waals surface area contributed by atoms with Gasteiger partial charge >= 0.3 is 13.3 Å². The van der Waals surface area contributed by atoms with Crippen molar-refractivity contribution in [3.63, 3.8) is 0 Å². The van der Waals surface area contributed by atoms with Crippen LogP contribution in [-0.2, 0) is 6.18 Å². The summed E-state index contributed by atoms with van der Waals surface area (Å²) in [5, 5.41) is 17.8. The van der Waals surface area contributed by atoms with Crippen LogP contribution in [0, 0.1) is 0 Å². The predicted molar refractivity (Wildman–Crippen MR) is 55.5 cm³/mol. The zero-order chi connectivity index (χ0) is 12.5. The fraction of sp³-hybridized carbons (Fsp3) is 0.250. The number of rotatable bonds is 2. The fourth-order valence-corrected chi connectivity index (χ4v) is 1.71. The zero-order valence-electron chi connectivity index (χ0n) is 8.05. The molecule has 88 valence electrons. The molecule has 0 radical (unpaired) electrons. The minimum Gasteiger partial charge on any atom is -0.497 e. The highest BCUT2D eigenvalue weighted by Gasteiger charge is 2.35. The molecule has 0 bridgehead atoms. The Labute approximate surface area is 98.1 Å². The van der Waals surface area contributed by atoms with Crippen LogP contribution in [0.1, 0.15) is 5.56 Å². The molecule has 1 aromatic carbocycles. The van der Waals surface area contributed by atoms with E-state index in [1.165, 1.54) is 7.11 Å². The van der Waals surface area contributed by atoms with E-state index in [0.29, 0.717) is 6.07 Å². The third kappa shape index (κ3) is 2.69. The molecule has 2 N–H and O–H groups in total. The Morgan fingerprint density at radius 3 is 2.25 bits per heavy atom. The van der Waals surface area contributed by atoms with E-state index in [-0.39, 0.29) is 15.7 Å². The van der Waals surface area contributed by atoms with Crippen molar-refractivity contribution in [3.8, 4) is 5.75 Å². The molecule has 0 fully saturated rings. The first-order valence-electron chi connectivity index (χ1n) is 4.08. The largest absolute Gasteiger partial charge is 0.497 e. The number of halogens is 4. The first kappa shape index (κ1) is 13.3. The van der Waals surface area contributed by atoms with Crippen LogP contribution >= 0.6 is 15.9 Å². The van der Waals surface area contributed by atoms with E-state index in [4.69, 9.17) is 14.8 Å². The lowest BCUT2D eigenvalue weighted by atomic mass is 9.78. The summed E-state index contributed by atoms with van der Waals surface area (Å²) in [5.74, 6) is -0.0325. The van der Waals surface area contributed by atoms with Gasteiger partial charge < -0.3 is 14.8 Å². The van der Waals surface area contributed by atoms with E-state index in [1.807, 2.05) is 0 Å². The molecule has 0 saturated carbocycles. The minimum absolute atomic E-state index is 0.0325. The van der Waals surface area contributed by atoms with E-state index in [9.17, 15) is 13.2 Å². The standard InChI is InChI=1S/C8H7BBrF3O3/c1-16-7-3-6(10)4(8(11,12)13)2-5(7)9(14)15/h2-3,14-15H,1H3. The van der Waals surface area contributed by atoms with Gasteiger partial charge in [-0.1, -0.05) is 15.9 Å². The van der Waals surface area contributed by atoms with E-state index >= 15 is 0 Å². The quantitative estimate of drug-likeness (QED) is 0.806. The van der Waals surface area contributed by atoms with E-state index in [0.717, 1.165) is 6.07 Å². The molecule has 0 atom stereocenters. The maximum atomic E-state index is 12.5. The van der Waals surface area contributed by atoms with Gasteiger partial charge in [0.1, 0.15) is 5.75 Å².